The number of hydrogen-bond acceptors (Lipinski definition) is 4. The Hall–Kier alpha value is -3.12. The summed E-state index contributed by atoms with van der Waals surface area (Å²) in [4.78, 5) is 29.9. The molecule has 0 fully saturated rings. The molecule has 7 nitrogen and oxygen atoms in total. The molecule has 4 aromatic rings. The smallest absolute Gasteiger partial charge is 0.264 e. The monoisotopic (exact) mass is 777 g/mol. The van der Waals surface area contributed by atoms with Crippen LogP contribution in [0.15, 0.2) is 108 Å². The predicted octanol–water partition coefficient (Wildman–Crippen LogP) is 7.35. The first kappa shape index (κ1) is 34.7. The van der Waals surface area contributed by atoms with Crippen LogP contribution in [0.5, 0.6) is 0 Å². The van der Waals surface area contributed by atoms with Crippen molar-refractivity contribution in [2.45, 2.75) is 50.2 Å². The molecule has 0 saturated heterocycles. The molecule has 1 N–H and O–H groups in total. The lowest BCUT2D eigenvalue weighted by atomic mass is 10.0. The van der Waals surface area contributed by atoms with E-state index in [1.54, 1.807) is 60.7 Å². The number of benzene rings is 4. The van der Waals surface area contributed by atoms with Gasteiger partial charge in [0.2, 0.25) is 11.8 Å². The first-order valence-electron chi connectivity index (χ1n) is 14.2. The highest BCUT2D eigenvalue weighted by Crippen LogP contribution is 2.27. The topological polar surface area (TPSA) is 86.8 Å². The zero-order valence-electron chi connectivity index (χ0n) is 25.1. The van der Waals surface area contributed by atoms with E-state index >= 15 is 0 Å². The lowest BCUT2D eigenvalue weighted by molar-refractivity contribution is -0.140. The van der Waals surface area contributed by atoms with Crippen molar-refractivity contribution in [3.05, 3.63) is 128 Å². The average molecular weight is 779 g/mol. The Balaban J connectivity index is 1.82. The Labute approximate surface area is 288 Å². The molecule has 4 aromatic carbocycles. The maximum Gasteiger partial charge on any atom is 0.264 e. The van der Waals surface area contributed by atoms with Crippen LogP contribution in [-0.2, 0) is 32.6 Å². The number of amides is 2. The Bertz CT molecular complexity index is 1730. The minimum absolute atomic E-state index is 0.0172. The molecule has 0 radical (unpaired) electrons. The van der Waals surface area contributed by atoms with Crippen LogP contribution in [-0.4, -0.2) is 43.3 Å². The van der Waals surface area contributed by atoms with Crippen LogP contribution in [0, 0.1) is 3.57 Å². The highest BCUT2D eigenvalue weighted by atomic mass is 127. The van der Waals surface area contributed by atoms with Crippen molar-refractivity contribution in [3.63, 3.8) is 0 Å². The van der Waals surface area contributed by atoms with Gasteiger partial charge in [0.15, 0.2) is 0 Å². The fourth-order valence-electron chi connectivity index (χ4n) is 4.70. The van der Waals surface area contributed by atoms with Gasteiger partial charge in [-0.3, -0.25) is 13.9 Å². The minimum atomic E-state index is -4.17. The third-order valence-electron chi connectivity index (χ3n) is 6.83. The molecule has 0 aliphatic carbocycles. The summed E-state index contributed by atoms with van der Waals surface area (Å²) in [5, 5.41) is 3.66. The van der Waals surface area contributed by atoms with Crippen molar-refractivity contribution in [1.82, 2.24) is 10.2 Å². The van der Waals surface area contributed by atoms with Crippen LogP contribution < -0.4 is 9.62 Å². The number of rotatable bonds is 11. The van der Waals surface area contributed by atoms with E-state index in [1.165, 1.54) is 17.0 Å². The van der Waals surface area contributed by atoms with Gasteiger partial charge in [0.1, 0.15) is 12.6 Å². The molecule has 11 heteroatoms. The van der Waals surface area contributed by atoms with Gasteiger partial charge in [-0.25, -0.2) is 8.42 Å². The summed E-state index contributed by atoms with van der Waals surface area (Å²) in [7, 11) is -4.17. The summed E-state index contributed by atoms with van der Waals surface area (Å²) in [6, 6.07) is 28.2. The second kappa shape index (κ2) is 15.0. The zero-order chi connectivity index (χ0) is 32.8. The number of halogens is 3. The van der Waals surface area contributed by atoms with Gasteiger partial charge in [0.05, 0.1) is 20.6 Å². The molecule has 0 heterocycles. The maximum atomic E-state index is 14.5. The molecular formula is C34H34Cl2IN3O4S. The number of sulfonamides is 1. The Morgan fingerprint density at radius 2 is 1.42 bits per heavy atom. The molecule has 1 unspecified atom stereocenters. The SMILES string of the molecule is CC(C)(C)NC(=O)C(Cc1ccccc1)N(Cc1ccc(Cl)c(Cl)c1)C(=O)CN(c1ccc(I)cc1)S(=O)(=O)c1ccccc1. The van der Waals surface area contributed by atoms with Crippen LogP contribution in [0.1, 0.15) is 31.9 Å². The van der Waals surface area contributed by atoms with Gasteiger partial charge in [0.25, 0.3) is 10.0 Å². The summed E-state index contributed by atoms with van der Waals surface area (Å²) < 4.78 is 30.1. The van der Waals surface area contributed by atoms with E-state index in [0.29, 0.717) is 21.3 Å². The summed E-state index contributed by atoms with van der Waals surface area (Å²) >= 11 is 14.7. The van der Waals surface area contributed by atoms with Gasteiger partial charge in [-0.15, -0.1) is 0 Å². The summed E-state index contributed by atoms with van der Waals surface area (Å²) in [6.45, 7) is 5.02. The van der Waals surface area contributed by atoms with Crippen LogP contribution in [0.4, 0.5) is 5.69 Å². The molecule has 4 rings (SSSR count). The quantitative estimate of drug-likeness (QED) is 0.162. The van der Waals surface area contributed by atoms with E-state index in [1.807, 2.05) is 51.1 Å². The van der Waals surface area contributed by atoms with Crippen molar-refractivity contribution in [3.8, 4) is 0 Å². The number of carbonyl (C=O) groups is 2. The first-order valence-corrected chi connectivity index (χ1v) is 17.4. The average Bonchev–Trinajstić information content (AvgIpc) is 3.00. The highest BCUT2D eigenvalue weighted by Gasteiger charge is 2.35. The van der Waals surface area contributed by atoms with Gasteiger partial charge in [-0.2, -0.15) is 0 Å². The largest absolute Gasteiger partial charge is 0.350 e. The lowest BCUT2D eigenvalue weighted by Gasteiger charge is -2.35. The van der Waals surface area contributed by atoms with Crippen molar-refractivity contribution in [2.75, 3.05) is 10.8 Å². The van der Waals surface area contributed by atoms with E-state index < -0.39 is 34.1 Å². The summed E-state index contributed by atoms with van der Waals surface area (Å²) in [5.74, 6) is -0.935. The number of carbonyl (C=O) groups excluding carboxylic acids is 2. The maximum absolute atomic E-state index is 14.5. The van der Waals surface area contributed by atoms with Crippen LogP contribution >= 0.6 is 45.8 Å². The van der Waals surface area contributed by atoms with Gasteiger partial charge in [-0.05, 0) is 103 Å². The Kier molecular flexibility index (Phi) is 11.6. The minimum Gasteiger partial charge on any atom is -0.350 e. The third-order valence-corrected chi connectivity index (χ3v) is 10.1. The molecule has 0 aliphatic rings. The fourth-order valence-corrected chi connectivity index (χ4v) is 6.81. The number of nitrogens with one attached hydrogen (secondary N) is 1. The van der Waals surface area contributed by atoms with Crippen molar-refractivity contribution in [1.29, 1.82) is 0 Å². The predicted molar refractivity (Wildman–Crippen MR) is 189 cm³/mol. The molecule has 1 atom stereocenters. The normalized spacial score (nSPS) is 12.3. The molecule has 45 heavy (non-hydrogen) atoms. The third kappa shape index (κ3) is 9.45. The van der Waals surface area contributed by atoms with E-state index in [0.717, 1.165) is 13.4 Å². The standard InChI is InChI=1S/C34H34Cl2IN3O4S/c1-34(2,3)38-33(42)31(21-24-10-6-4-7-11-24)39(22-25-14-19-29(35)30(36)20-25)32(41)23-40(27-17-15-26(37)16-18-27)45(43,44)28-12-8-5-9-13-28/h4-20,31H,21-23H2,1-3H3,(H,38,42). The second-order valence-electron chi connectivity index (χ2n) is 11.5. The molecule has 236 valence electrons. The van der Waals surface area contributed by atoms with Gasteiger partial charge in [-0.1, -0.05) is 77.8 Å². The molecule has 0 aliphatic heterocycles. The number of hydrogen-bond donors (Lipinski definition) is 1. The van der Waals surface area contributed by atoms with Gasteiger partial charge < -0.3 is 10.2 Å². The first-order chi connectivity index (χ1) is 21.2. The van der Waals surface area contributed by atoms with E-state index in [2.05, 4.69) is 27.9 Å². The van der Waals surface area contributed by atoms with E-state index in [4.69, 9.17) is 23.2 Å². The van der Waals surface area contributed by atoms with Crippen LogP contribution in [0.3, 0.4) is 0 Å². The lowest BCUT2D eigenvalue weighted by Crippen LogP contribution is -2.56. The zero-order valence-corrected chi connectivity index (χ0v) is 29.6. The van der Waals surface area contributed by atoms with Crippen molar-refractivity contribution < 1.29 is 18.0 Å². The Morgan fingerprint density at radius 1 is 0.822 bits per heavy atom. The molecular weight excluding hydrogens is 744 g/mol. The highest BCUT2D eigenvalue weighted by molar-refractivity contribution is 14.1. The number of nitrogens with zero attached hydrogens (tertiary/aromatic N) is 2. The molecule has 0 spiro atoms. The fraction of sp³-hybridized carbons (Fsp3) is 0.235. The van der Waals surface area contributed by atoms with Gasteiger partial charge in [0, 0.05) is 22.1 Å². The van der Waals surface area contributed by atoms with Crippen LogP contribution in [0.25, 0.3) is 0 Å². The molecule has 0 aromatic heterocycles. The molecule has 0 saturated carbocycles. The summed E-state index contributed by atoms with van der Waals surface area (Å²) in [6.07, 6.45) is 0.199. The van der Waals surface area contributed by atoms with Crippen LogP contribution in [0.2, 0.25) is 10.0 Å². The van der Waals surface area contributed by atoms with Crippen molar-refractivity contribution >= 4 is 73.3 Å². The Morgan fingerprint density at radius 3 is 2.00 bits per heavy atom. The summed E-state index contributed by atoms with van der Waals surface area (Å²) in [5.41, 5.74) is 1.20. The molecule has 2 amide bonds. The van der Waals surface area contributed by atoms with E-state index in [9.17, 15) is 18.0 Å². The second-order valence-corrected chi connectivity index (χ2v) is 15.4. The van der Waals surface area contributed by atoms with Crippen molar-refractivity contribution in [2.24, 2.45) is 0 Å². The number of anilines is 1. The van der Waals surface area contributed by atoms with Gasteiger partial charge >= 0.3 is 0 Å². The van der Waals surface area contributed by atoms with E-state index in [-0.39, 0.29) is 23.8 Å². The molecule has 0 bridgehead atoms.